The minimum absolute atomic E-state index is 0.0757. The molecule has 8 nitrogen and oxygen atoms in total. The number of benzene rings is 1. The first-order valence-corrected chi connectivity index (χ1v) is 13.3. The van der Waals surface area contributed by atoms with Gasteiger partial charge >= 0.3 is 5.76 Å². The number of nitrogens with zero attached hydrogens (tertiary/aromatic N) is 5. The molecule has 0 bridgehead atoms. The molecule has 0 spiro atoms. The number of aromatic nitrogens is 4. The van der Waals surface area contributed by atoms with Crippen molar-refractivity contribution in [3.63, 3.8) is 0 Å². The Hall–Kier alpha value is -2.96. The van der Waals surface area contributed by atoms with Gasteiger partial charge in [0.2, 0.25) is 15.8 Å². The molecule has 1 saturated heterocycles. The third-order valence-electron chi connectivity index (χ3n) is 6.12. The van der Waals surface area contributed by atoms with Crippen LogP contribution in [0, 0.1) is 11.6 Å². The summed E-state index contributed by atoms with van der Waals surface area (Å²) >= 11 is 0. The molecule has 1 aliphatic rings. The summed E-state index contributed by atoms with van der Waals surface area (Å²) in [5.41, 5.74) is 0.747. The summed E-state index contributed by atoms with van der Waals surface area (Å²) in [5, 5.41) is 7.81. The van der Waals surface area contributed by atoms with Gasteiger partial charge in [0.25, 0.3) is 0 Å². The number of anilines is 2. The normalized spacial score (nSPS) is 17.2. The minimum Gasteiger partial charge on any atom is -0.368 e. The lowest BCUT2D eigenvalue weighted by atomic mass is 9.90. The molecule has 0 radical (unpaired) electrons. The smallest absolute Gasteiger partial charge is 0.336 e. The van der Waals surface area contributed by atoms with E-state index < -0.39 is 38.5 Å². The molecule has 0 saturated carbocycles. The third-order valence-corrected chi connectivity index (χ3v) is 7.44. The van der Waals surface area contributed by atoms with E-state index in [1.165, 1.54) is 6.07 Å². The van der Waals surface area contributed by atoms with Crippen LogP contribution in [0.5, 0.6) is 0 Å². The molecule has 3 heterocycles. The molecule has 1 aromatic carbocycles. The molecule has 1 aliphatic heterocycles. The highest BCUT2D eigenvalue weighted by molar-refractivity contribution is 7.91. The molecule has 0 amide bonds. The molecule has 1 fully saturated rings. The zero-order valence-corrected chi connectivity index (χ0v) is 21.0. The SMILES string of the molecule is CC(C)(C)n1ncc2c(NCCS(=O)(=O)C(F)F)nc(N3CCCC(c4ccc(F)c(F)c4)C3)nc21. The summed E-state index contributed by atoms with van der Waals surface area (Å²) < 4.78 is 77.6. The molecule has 0 aliphatic carbocycles. The largest absolute Gasteiger partial charge is 0.368 e. The number of piperidine rings is 1. The predicted octanol–water partition coefficient (Wildman–Crippen LogP) is 4.29. The van der Waals surface area contributed by atoms with Crippen LogP contribution in [0.2, 0.25) is 0 Å². The number of hydrogen-bond donors (Lipinski definition) is 1. The zero-order valence-electron chi connectivity index (χ0n) is 20.2. The number of sulfone groups is 1. The fourth-order valence-electron chi connectivity index (χ4n) is 4.26. The number of hydrogen-bond acceptors (Lipinski definition) is 7. The lowest BCUT2D eigenvalue weighted by Gasteiger charge is -2.33. The Morgan fingerprint density at radius 3 is 2.58 bits per heavy atom. The lowest BCUT2D eigenvalue weighted by Crippen LogP contribution is -2.36. The van der Waals surface area contributed by atoms with Crippen LogP contribution in [0.1, 0.15) is 45.1 Å². The van der Waals surface area contributed by atoms with E-state index in [2.05, 4.69) is 15.4 Å². The summed E-state index contributed by atoms with van der Waals surface area (Å²) in [6.07, 6.45) is 3.09. The first kappa shape index (κ1) is 26.1. The summed E-state index contributed by atoms with van der Waals surface area (Å²) in [5.74, 6) is -5.47. The van der Waals surface area contributed by atoms with E-state index in [0.717, 1.165) is 18.9 Å². The standard InChI is InChI=1S/C23H28F4N6O2S/c1-23(2,3)33-20-16(12-29-33)19(28-8-10-36(34,35)21(26)27)30-22(31-20)32-9-4-5-15(13-32)14-6-7-17(24)18(25)11-14/h6-7,11-12,15,21H,4-5,8-10,13H2,1-3H3,(H,28,30,31). The van der Waals surface area contributed by atoms with Gasteiger partial charge in [-0.3, -0.25) is 0 Å². The Bertz CT molecular complexity index is 1360. The van der Waals surface area contributed by atoms with Crippen molar-refractivity contribution in [1.29, 1.82) is 0 Å². The Morgan fingerprint density at radius 2 is 1.92 bits per heavy atom. The quantitative estimate of drug-likeness (QED) is 0.457. The van der Waals surface area contributed by atoms with E-state index in [4.69, 9.17) is 4.98 Å². The first-order valence-electron chi connectivity index (χ1n) is 11.6. The van der Waals surface area contributed by atoms with Crippen LogP contribution in [0.15, 0.2) is 24.4 Å². The van der Waals surface area contributed by atoms with Gasteiger partial charge in [0, 0.05) is 25.6 Å². The van der Waals surface area contributed by atoms with E-state index in [1.807, 2.05) is 25.7 Å². The molecule has 196 valence electrons. The van der Waals surface area contributed by atoms with Gasteiger partial charge in [-0.05, 0) is 51.3 Å². The minimum atomic E-state index is -4.54. The maximum Gasteiger partial charge on any atom is 0.336 e. The summed E-state index contributed by atoms with van der Waals surface area (Å²) in [6, 6.07) is 3.89. The van der Waals surface area contributed by atoms with Crippen LogP contribution in [0.4, 0.5) is 29.3 Å². The molecule has 36 heavy (non-hydrogen) atoms. The molecule has 2 aromatic heterocycles. The van der Waals surface area contributed by atoms with Gasteiger partial charge in [-0.1, -0.05) is 6.07 Å². The van der Waals surface area contributed by atoms with E-state index in [0.29, 0.717) is 35.6 Å². The van der Waals surface area contributed by atoms with Crippen molar-refractivity contribution in [2.45, 2.75) is 50.8 Å². The van der Waals surface area contributed by atoms with Crippen molar-refractivity contribution in [3.8, 4) is 0 Å². The monoisotopic (exact) mass is 528 g/mol. The van der Waals surface area contributed by atoms with Crippen molar-refractivity contribution in [3.05, 3.63) is 41.6 Å². The van der Waals surface area contributed by atoms with Gasteiger partial charge in [-0.25, -0.2) is 21.9 Å². The Balaban J connectivity index is 1.67. The lowest BCUT2D eigenvalue weighted by molar-refractivity contribution is 0.235. The molecule has 1 atom stereocenters. The summed E-state index contributed by atoms with van der Waals surface area (Å²) in [7, 11) is -4.54. The molecule has 1 unspecified atom stereocenters. The van der Waals surface area contributed by atoms with Crippen molar-refractivity contribution in [2.24, 2.45) is 0 Å². The number of rotatable bonds is 7. The number of fused-ring (bicyclic) bond motifs is 1. The van der Waals surface area contributed by atoms with Crippen LogP contribution < -0.4 is 10.2 Å². The van der Waals surface area contributed by atoms with E-state index in [9.17, 15) is 26.0 Å². The van der Waals surface area contributed by atoms with Gasteiger partial charge in [0.1, 0.15) is 5.82 Å². The maximum atomic E-state index is 13.8. The molecule has 3 aromatic rings. The third kappa shape index (κ3) is 5.40. The predicted molar refractivity (Wildman–Crippen MR) is 129 cm³/mol. The fourth-order valence-corrected chi connectivity index (χ4v) is 4.83. The second-order valence-corrected chi connectivity index (χ2v) is 11.9. The van der Waals surface area contributed by atoms with Crippen molar-refractivity contribution >= 4 is 32.6 Å². The van der Waals surface area contributed by atoms with Crippen LogP contribution in [-0.4, -0.2) is 59.3 Å². The Kier molecular flexibility index (Phi) is 7.13. The number of halogens is 4. The average Bonchev–Trinajstić information content (AvgIpc) is 3.25. The van der Waals surface area contributed by atoms with Gasteiger partial charge in [0.15, 0.2) is 17.3 Å². The van der Waals surface area contributed by atoms with Crippen LogP contribution in [0.25, 0.3) is 11.0 Å². The molecular formula is C23H28F4N6O2S. The molecule has 1 N–H and O–H groups in total. The van der Waals surface area contributed by atoms with Crippen LogP contribution in [0.3, 0.4) is 0 Å². The Labute approximate surface area is 206 Å². The van der Waals surface area contributed by atoms with E-state index in [1.54, 1.807) is 16.9 Å². The average molecular weight is 529 g/mol. The van der Waals surface area contributed by atoms with Gasteiger partial charge in [0.05, 0.1) is 22.9 Å². The summed E-state index contributed by atoms with van der Waals surface area (Å²) in [6.45, 7) is 6.65. The number of nitrogens with one attached hydrogen (secondary N) is 1. The summed E-state index contributed by atoms with van der Waals surface area (Å²) in [4.78, 5) is 11.2. The van der Waals surface area contributed by atoms with Crippen molar-refractivity contribution in [1.82, 2.24) is 19.7 Å². The second kappa shape index (κ2) is 9.83. The zero-order chi connectivity index (χ0) is 26.3. The van der Waals surface area contributed by atoms with Gasteiger partial charge in [-0.15, -0.1) is 0 Å². The fraction of sp³-hybridized carbons (Fsp3) is 0.522. The van der Waals surface area contributed by atoms with E-state index in [-0.39, 0.29) is 18.3 Å². The first-order chi connectivity index (χ1) is 16.9. The van der Waals surface area contributed by atoms with Gasteiger partial charge in [-0.2, -0.15) is 23.8 Å². The maximum absolute atomic E-state index is 13.8. The van der Waals surface area contributed by atoms with Crippen molar-refractivity contribution in [2.75, 3.05) is 35.6 Å². The highest BCUT2D eigenvalue weighted by Crippen LogP contribution is 2.32. The highest BCUT2D eigenvalue weighted by atomic mass is 32.2. The molecule has 13 heteroatoms. The molecular weight excluding hydrogens is 500 g/mol. The van der Waals surface area contributed by atoms with E-state index >= 15 is 0 Å². The molecule has 4 rings (SSSR count). The van der Waals surface area contributed by atoms with Crippen LogP contribution in [-0.2, 0) is 15.4 Å². The topological polar surface area (TPSA) is 93.0 Å². The highest BCUT2D eigenvalue weighted by Gasteiger charge is 2.28. The number of alkyl halides is 2. The van der Waals surface area contributed by atoms with Gasteiger partial charge < -0.3 is 10.2 Å². The van der Waals surface area contributed by atoms with Crippen molar-refractivity contribution < 1.29 is 26.0 Å². The van der Waals surface area contributed by atoms with Crippen LogP contribution >= 0.6 is 0 Å². The second-order valence-electron chi connectivity index (χ2n) is 9.85. The Morgan fingerprint density at radius 1 is 1.17 bits per heavy atom.